The third-order valence-electron chi connectivity index (χ3n) is 6.71. The lowest BCUT2D eigenvalue weighted by molar-refractivity contribution is 0.400. The molecule has 0 atom stereocenters. The smallest absolute Gasteiger partial charge is 0.268 e. The molecular weight excluding hydrogens is 472 g/mol. The summed E-state index contributed by atoms with van der Waals surface area (Å²) in [6.45, 7) is 7.85. The molecule has 3 aromatic carbocycles. The van der Waals surface area contributed by atoms with Gasteiger partial charge >= 0.3 is 0 Å². The van der Waals surface area contributed by atoms with Gasteiger partial charge in [0.15, 0.2) is 0 Å². The normalized spacial score (nSPS) is 12.2. The van der Waals surface area contributed by atoms with Crippen molar-refractivity contribution in [3.8, 4) is 11.8 Å². The first-order valence-electron chi connectivity index (χ1n) is 11.5. The zero-order valence-electron chi connectivity index (χ0n) is 20.7. The number of ether oxygens (including phenoxy) is 1. The number of nitriles is 1. The molecule has 8 heteroatoms. The van der Waals surface area contributed by atoms with Crippen LogP contribution in [-0.2, 0) is 15.4 Å². The summed E-state index contributed by atoms with van der Waals surface area (Å²) in [5.74, 6) is 1.33. The Balaban J connectivity index is 1.75. The van der Waals surface area contributed by atoms with Crippen molar-refractivity contribution < 1.29 is 13.2 Å². The molecule has 0 saturated carbocycles. The van der Waals surface area contributed by atoms with E-state index < -0.39 is 15.4 Å². The van der Waals surface area contributed by atoms with Crippen molar-refractivity contribution in [2.75, 3.05) is 7.11 Å². The van der Waals surface area contributed by atoms with Crippen LogP contribution in [0.1, 0.15) is 41.9 Å². The number of imidazole rings is 1. The van der Waals surface area contributed by atoms with Crippen molar-refractivity contribution in [1.82, 2.24) is 13.9 Å². The van der Waals surface area contributed by atoms with Gasteiger partial charge in [-0.3, -0.25) is 0 Å². The first kappa shape index (κ1) is 23.6. The maximum Gasteiger partial charge on any atom is 0.268 e. The number of aryl methyl sites for hydroxylation is 2. The Morgan fingerprint density at radius 2 is 1.78 bits per heavy atom. The van der Waals surface area contributed by atoms with Gasteiger partial charge in [-0.05, 0) is 75.7 Å². The van der Waals surface area contributed by atoms with Gasteiger partial charge < -0.3 is 9.72 Å². The monoisotopic (exact) mass is 498 g/mol. The van der Waals surface area contributed by atoms with Gasteiger partial charge in [0.1, 0.15) is 11.6 Å². The fraction of sp³-hybridized carbons (Fsp3) is 0.214. The molecule has 0 spiro atoms. The number of hydrogen-bond donors (Lipinski definition) is 1. The molecule has 2 aromatic heterocycles. The van der Waals surface area contributed by atoms with Crippen molar-refractivity contribution in [3.63, 3.8) is 0 Å². The van der Waals surface area contributed by atoms with Crippen LogP contribution in [0.5, 0.6) is 5.75 Å². The molecule has 2 heterocycles. The minimum atomic E-state index is -3.81. The number of nitrogens with zero attached hydrogens (tertiary/aromatic N) is 3. The average molecular weight is 499 g/mol. The lowest BCUT2D eigenvalue weighted by Crippen LogP contribution is -2.22. The predicted octanol–water partition coefficient (Wildman–Crippen LogP) is 5.58. The molecule has 0 radical (unpaired) electrons. The standard InChI is InChI=1S/C28H26N4O3S/c1-17-6-9-20(10-7-17)36(33,34)32-13-12-21-25(24(35-5)14-18(2)26(21)32)28(3,4)27-30-22-11-8-19(16-29)15-23(22)31-27/h6-15H,1-5H3,(H,30,31). The topological polar surface area (TPSA) is 101 Å². The first-order chi connectivity index (χ1) is 17.1. The average Bonchev–Trinajstić information content (AvgIpc) is 3.49. The van der Waals surface area contributed by atoms with Crippen LogP contribution in [0.15, 0.2) is 65.7 Å². The fourth-order valence-corrected chi connectivity index (χ4v) is 6.21. The van der Waals surface area contributed by atoms with Crippen molar-refractivity contribution in [3.05, 3.63) is 88.9 Å². The van der Waals surface area contributed by atoms with Gasteiger partial charge in [0, 0.05) is 17.1 Å². The maximum absolute atomic E-state index is 13.6. The minimum Gasteiger partial charge on any atom is -0.496 e. The molecule has 5 aromatic rings. The molecule has 0 fully saturated rings. The minimum absolute atomic E-state index is 0.229. The summed E-state index contributed by atoms with van der Waals surface area (Å²) in [4.78, 5) is 8.40. The molecule has 0 aliphatic carbocycles. The number of methoxy groups -OCH3 is 1. The quantitative estimate of drug-likeness (QED) is 0.341. The van der Waals surface area contributed by atoms with Crippen molar-refractivity contribution in [2.24, 2.45) is 0 Å². The Labute approximate surface area is 210 Å². The van der Waals surface area contributed by atoms with Gasteiger partial charge in [0.05, 0.1) is 45.6 Å². The number of hydrogen-bond acceptors (Lipinski definition) is 5. The van der Waals surface area contributed by atoms with Crippen molar-refractivity contribution in [2.45, 2.75) is 38.0 Å². The predicted molar refractivity (Wildman–Crippen MR) is 140 cm³/mol. The van der Waals surface area contributed by atoms with E-state index in [1.165, 1.54) is 3.97 Å². The lowest BCUT2D eigenvalue weighted by Gasteiger charge is -2.27. The second kappa shape index (κ2) is 8.25. The highest BCUT2D eigenvalue weighted by molar-refractivity contribution is 7.90. The van der Waals surface area contributed by atoms with Gasteiger partial charge in [0.25, 0.3) is 10.0 Å². The Kier molecular flexibility index (Phi) is 5.42. The van der Waals surface area contributed by atoms with Crippen LogP contribution in [0, 0.1) is 25.2 Å². The maximum atomic E-state index is 13.6. The van der Waals surface area contributed by atoms with Gasteiger partial charge in [-0.1, -0.05) is 17.7 Å². The van der Waals surface area contributed by atoms with Gasteiger partial charge in [-0.2, -0.15) is 5.26 Å². The third-order valence-corrected chi connectivity index (χ3v) is 8.40. The fourth-order valence-electron chi connectivity index (χ4n) is 4.80. The van der Waals surface area contributed by atoms with E-state index in [0.29, 0.717) is 22.7 Å². The highest BCUT2D eigenvalue weighted by atomic mass is 32.2. The molecule has 0 amide bonds. The van der Waals surface area contributed by atoms with Gasteiger partial charge in [-0.15, -0.1) is 0 Å². The molecule has 0 aliphatic rings. The first-order valence-corrected chi connectivity index (χ1v) is 12.9. The summed E-state index contributed by atoms with van der Waals surface area (Å²) < 4.78 is 34.4. The van der Waals surface area contributed by atoms with E-state index in [0.717, 1.165) is 33.1 Å². The molecule has 0 saturated heterocycles. The Morgan fingerprint density at radius 3 is 2.44 bits per heavy atom. The van der Waals surface area contributed by atoms with Crippen LogP contribution >= 0.6 is 0 Å². The third kappa shape index (κ3) is 3.55. The zero-order valence-corrected chi connectivity index (χ0v) is 21.6. The largest absolute Gasteiger partial charge is 0.496 e. The summed E-state index contributed by atoms with van der Waals surface area (Å²) in [6.07, 6.45) is 1.60. The number of nitrogens with one attached hydrogen (secondary N) is 1. The Morgan fingerprint density at radius 1 is 1.06 bits per heavy atom. The molecule has 0 unspecified atom stereocenters. The van der Waals surface area contributed by atoms with Gasteiger partial charge in [0.2, 0.25) is 0 Å². The Hall–Kier alpha value is -4.09. The van der Waals surface area contributed by atoms with Crippen LogP contribution in [0.4, 0.5) is 0 Å². The second-order valence-corrected chi connectivity index (χ2v) is 11.3. The summed E-state index contributed by atoms with van der Waals surface area (Å²) >= 11 is 0. The Bertz CT molecular complexity index is 1790. The lowest BCUT2D eigenvalue weighted by atomic mass is 9.80. The molecule has 36 heavy (non-hydrogen) atoms. The number of rotatable bonds is 5. The summed E-state index contributed by atoms with van der Waals surface area (Å²) in [5.41, 5.74) is 4.57. The van der Waals surface area contributed by atoms with E-state index in [1.54, 1.807) is 49.7 Å². The van der Waals surface area contributed by atoms with Crippen molar-refractivity contribution in [1.29, 1.82) is 5.26 Å². The van der Waals surface area contributed by atoms with Crippen LogP contribution in [0.3, 0.4) is 0 Å². The SMILES string of the molecule is COc1cc(C)c2c(ccn2S(=O)(=O)c2ccc(C)cc2)c1C(C)(C)c1nc2ccc(C#N)cc2[nH]1. The van der Waals surface area contributed by atoms with Crippen molar-refractivity contribution >= 4 is 32.0 Å². The van der Waals surface area contributed by atoms with E-state index >= 15 is 0 Å². The van der Waals surface area contributed by atoms with E-state index in [9.17, 15) is 13.7 Å². The van der Waals surface area contributed by atoms with Crippen LogP contribution in [0.2, 0.25) is 0 Å². The number of H-pyrrole nitrogens is 1. The van der Waals surface area contributed by atoms with E-state index in [-0.39, 0.29) is 4.90 Å². The zero-order chi connectivity index (χ0) is 25.8. The highest BCUT2D eigenvalue weighted by Crippen LogP contribution is 2.43. The molecule has 5 rings (SSSR count). The van der Waals surface area contributed by atoms with E-state index in [1.807, 2.05) is 45.9 Å². The summed E-state index contributed by atoms with van der Waals surface area (Å²) in [5, 5.41) is 10.0. The van der Waals surface area contributed by atoms with E-state index in [2.05, 4.69) is 11.1 Å². The van der Waals surface area contributed by atoms with Crippen LogP contribution in [0.25, 0.3) is 21.9 Å². The highest BCUT2D eigenvalue weighted by Gasteiger charge is 2.34. The van der Waals surface area contributed by atoms with Crippen LogP contribution in [-0.4, -0.2) is 29.5 Å². The number of benzene rings is 3. The molecular formula is C28H26N4O3S. The molecule has 7 nitrogen and oxygen atoms in total. The molecule has 0 aliphatic heterocycles. The number of fused-ring (bicyclic) bond motifs is 2. The second-order valence-electron chi connectivity index (χ2n) is 9.52. The summed E-state index contributed by atoms with van der Waals surface area (Å²) in [6, 6.07) is 18.0. The number of aromatic amines is 1. The number of aromatic nitrogens is 3. The molecule has 1 N–H and O–H groups in total. The molecule has 182 valence electrons. The van der Waals surface area contributed by atoms with Crippen LogP contribution < -0.4 is 4.74 Å². The van der Waals surface area contributed by atoms with E-state index in [4.69, 9.17) is 9.72 Å². The summed E-state index contributed by atoms with van der Waals surface area (Å²) in [7, 11) is -2.21. The molecule has 0 bridgehead atoms. The van der Waals surface area contributed by atoms with Gasteiger partial charge in [-0.25, -0.2) is 17.4 Å².